The van der Waals surface area contributed by atoms with Gasteiger partial charge in [0.1, 0.15) is 12.0 Å². The first kappa shape index (κ1) is 13.7. The number of aromatic carboxylic acids is 1. The maximum atomic E-state index is 11.2. The number of hydrogen-bond acceptors (Lipinski definition) is 5. The fourth-order valence-electron chi connectivity index (χ4n) is 1.62. The third kappa shape index (κ3) is 3.17. The third-order valence-electron chi connectivity index (χ3n) is 2.67. The second-order valence-corrected chi connectivity index (χ2v) is 4.03. The van der Waals surface area contributed by atoms with Crippen LogP contribution in [0.1, 0.15) is 26.5 Å². The van der Waals surface area contributed by atoms with Gasteiger partial charge in [0.05, 0.1) is 24.8 Å². The summed E-state index contributed by atoms with van der Waals surface area (Å²) in [4.78, 5) is 22.0. The average molecular weight is 275 g/mol. The summed E-state index contributed by atoms with van der Waals surface area (Å²) in [6.07, 6.45) is 1.33. The van der Waals surface area contributed by atoms with Crippen LogP contribution in [0.5, 0.6) is 0 Å². The van der Waals surface area contributed by atoms with Crippen molar-refractivity contribution in [1.29, 1.82) is 0 Å². The highest BCUT2D eigenvalue weighted by atomic mass is 16.5. The van der Waals surface area contributed by atoms with Gasteiger partial charge in [-0.15, -0.1) is 0 Å². The van der Waals surface area contributed by atoms with Crippen molar-refractivity contribution in [1.82, 2.24) is 0 Å². The zero-order chi connectivity index (χ0) is 14.5. The molecule has 0 aliphatic heterocycles. The van der Waals surface area contributed by atoms with E-state index in [0.29, 0.717) is 17.9 Å². The van der Waals surface area contributed by atoms with E-state index in [0.717, 1.165) is 5.69 Å². The molecule has 0 amide bonds. The number of benzene rings is 1. The molecule has 0 atom stereocenters. The van der Waals surface area contributed by atoms with E-state index in [1.165, 1.54) is 25.5 Å². The number of carbonyl (C=O) groups is 2. The molecule has 6 heteroatoms. The Morgan fingerprint density at radius 2 is 1.95 bits per heavy atom. The minimum atomic E-state index is -0.967. The van der Waals surface area contributed by atoms with Gasteiger partial charge in [0.15, 0.2) is 0 Å². The maximum absolute atomic E-state index is 11.2. The summed E-state index contributed by atoms with van der Waals surface area (Å²) in [5, 5.41) is 11.8. The van der Waals surface area contributed by atoms with Crippen molar-refractivity contribution < 1.29 is 23.8 Å². The summed E-state index contributed by atoms with van der Waals surface area (Å²) >= 11 is 0. The van der Waals surface area contributed by atoms with E-state index < -0.39 is 11.9 Å². The molecule has 20 heavy (non-hydrogen) atoms. The van der Waals surface area contributed by atoms with E-state index in [2.05, 4.69) is 10.1 Å². The number of rotatable bonds is 5. The smallest absolute Gasteiger partial charge is 0.341 e. The molecule has 2 rings (SSSR count). The molecule has 104 valence electrons. The molecule has 0 saturated heterocycles. The van der Waals surface area contributed by atoms with E-state index in [1.807, 2.05) is 0 Å². The van der Waals surface area contributed by atoms with Gasteiger partial charge in [0, 0.05) is 5.69 Å². The first-order chi connectivity index (χ1) is 9.60. The van der Waals surface area contributed by atoms with Crippen LogP contribution in [0.4, 0.5) is 5.69 Å². The Balaban J connectivity index is 1.96. The van der Waals surface area contributed by atoms with Gasteiger partial charge in [-0.2, -0.15) is 0 Å². The Morgan fingerprint density at radius 1 is 1.25 bits per heavy atom. The van der Waals surface area contributed by atoms with Gasteiger partial charge >= 0.3 is 11.9 Å². The number of esters is 1. The van der Waals surface area contributed by atoms with Crippen molar-refractivity contribution in [3.05, 3.63) is 53.5 Å². The predicted molar refractivity (Wildman–Crippen MR) is 70.8 cm³/mol. The minimum absolute atomic E-state index is 0.224. The molecule has 0 radical (unpaired) electrons. The molecule has 0 aliphatic rings. The highest BCUT2D eigenvalue weighted by Gasteiger charge is 2.10. The molecule has 1 heterocycles. The molecule has 1 aromatic carbocycles. The number of nitrogens with one attached hydrogen (secondary N) is 1. The summed E-state index contributed by atoms with van der Waals surface area (Å²) in [5.74, 6) is -0.844. The van der Waals surface area contributed by atoms with E-state index in [4.69, 9.17) is 9.52 Å². The van der Waals surface area contributed by atoms with Gasteiger partial charge < -0.3 is 19.6 Å². The van der Waals surface area contributed by atoms with Crippen molar-refractivity contribution in [2.45, 2.75) is 6.54 Å². The van der Waals surface area contributed by atoms with Crippen LogP contribution < -0.4 is 5.32 Å². The second-order valence-electron chi connectivity index (χ2n) is 4.03. The van der Waals surface area contributed by atoms with Gasteiger partial charge in [-0.3, -0.25) is 0 Å². The molecule has 0 aliphatic carbocycles. The lowest BCUT2D eigenvalue weighted by Gasteiger charge is -2.04. The fraction of sp³-hybridized carbons (Fsp3) is 0.143. The standard InChI is InChI=1S/C14H13NO5/c1-19-14(18)10-6-12(20-8-10)7-15-11-4-2-9(3-5-11)13(16)17/h2-6,8,15H,7H2,1H3,(H,16,17). The largest absolute Gasteiger partial charge is 0.478 e. The minimum Gasteiger partial charge on any atom is -0.478 e. The summed E-state index contributed by atoms with van der Waals surface area (Å²) in [6.45, 7) is 0.378. The Morgan fingerprint density at radius 3 is 2.55 bits per heavy atom. The van der Waals surface area contributed by atoms with Crippen LogP contribution in [0.2, 0.25) is 0 Å². The number of furan rings is 1. The van der Waals surface area contributed by atoms with Gasteiger partial charge in [0.2, 0.25) is 0 Å². The second kappa shape index (κ2) is 5.92. The van der Waals surface area contributed by atoms with E-state index in [-0.39, 0.29) is 5.56 Å². The summed E-state index contributed by atoms with van der Waals surface area (Å²) < 4.78 is 9.79. The zero-order valence-electron chi connectivity index (χ0n) is 10.8. The summed E-state index contributed by atoms with van der Waals surface area (Å²) in [5.41, 5.74) is 1.33. The van der Waals surface area contributed by atoms with Gasteiger partial charge in [-0.1, -0.05) is 0 Å². The lowest BCUT2D eigenvalue weighted by Crippen LogP contribution is -2.01. The SMILES string of the molecule is COC(=O)c1coc(CNc2ccc(C(=O)O)cc2)c1. The third-order valence-corrected chi connectivity index (χ3v) is 2.67. The van der Waals surface area contributed by atoms with Crippen LogP contribution >= 0.6 is 0 Å². The van der Waals surface area contributed by atoms with Crippen molar-refractivity contribution in [2.24, 2.45) is 0 Å². The summed E-state index contributed by atoms with van der Waals surface area (Å²) in [6, 6.07) is 7.92. The van der Waals surface area contributed by atoms with Crippen LogP contribution in [0, 0.1) is 0 Å². The Kier molecular flexibility index (Phi) is 4.05. The first-order valence-corrected chi connectivity index (χ1v) is 5.83. The number of carbonyl (C=O) groups excluding carboxylic acids is 1. The quantitative estimate of drug-likeness (QED) is 0.814. The molecule has 0 bridgehead atoms. The topological polar surface area (TPSA) is 88.8 Å². The van der Waals surface area contributed by atoms with E-state index in [9.17, 15) is 9.59 Å². The maximum Gasteiger partial charge on any atom is 0.341 e. The Labute approximate surface area is 115 Å². The Hall–Kier alpha value is -2.76. The molecule has 0 saturated carbocycles. The van der Waals surface area contributed by atoms with E-state index >= 15 is 0 Å². The van der Waals surface area contributed by atoms with Crippen LogP contribution in [-0.2, 0) is 11.3 Å². The van der Waals surface area contributed by atoms with Crippen LogP contribution in [0.25, 0.3) is 0 Å². The first-order valence-electron chi connectivity index (χ1n) is 5.83. The molecule has 1 aromatic heterocycles. The number of hydrogen-bond donors (Lipinski definition) is 2. The Bertz CT molecular complexity index is 615. The summed E-state index contributed by atoms with van der Waals surface area (Å²) in [7, 11) is 1.30. The molecule has 6 nitrogen and oxygen atoms in total. The number of methoxy groups -OCH3 is 1. The fourth-order valence-corrected chi connectivity index (χ4v) is 1.62. The highest BCUT2D eigenvalue weighted by molar-refractivity contribution is 5.89. The average Bonchev–Trinajstić information content (AvgIpc) is 2.93. The molecule has 2 N–H and O–H groups in total. The number of anilines is 1. The van der Waals surface area contributed by atoms with Crippen molar-refractivity contribution in [2.75, 3.05) is 12.4 Å². The number of carboxylic acids is 1. The molecule has 2 aromatic rings. The zero-order valence-corrected chi connectivity index (χ0v) is 10.8. The van der Waals surface area contributed by atoms with E-state index in [1.54, 1.807) is 18.2 Å². The monoisotopic (exact) mass is 275 g/mol. The molecule has 0 fully saturated rings. The molecule has 0 spiro atoms. The van der Waals surface area contributed by atoms with Gasteiger partial charge in [0.25, 0.3) is 0 Å². The van der Waals surface area contributed by atoms with Crippen molar-refractivity contribution >= 4 is 17.6 Å². The van der Waals surface area contributed by atoms with Gasteiger partial charge in [-0.05, 0) is 30.3 Å². The molecule has 0 unspecified atom stereocenters. The lowest BCUT2D eigenvalue weighted by atomic mass is 10.2. The number of carboxylic acid groups (broad SMARTS) is 1. The molecular weight excluding hydrogens is 262 g/mol. The highest BCUT2D eigenvalue weighted by Crippen LogP contribution is 2.13. The van der Waals surface area contributed by atoms with Crippen LogP contribution in [0.3, 0.4) is 0 Å². The van der Waals surface area contributed by atoms with Crippen LogP contribution in [-0.4, -0.2) is 24.2 Å². The predicted octanol–water partition coefficient (Wildman–Crippen LogP) is 2.38. The normalized spacial score (nSPS) is 10.1. The number of ether oxygens (including phenoxy) is 1. The van der Waals surface area contributed by atoms with Crippen molar-refractivity contribution in [3.8, 4) is 0 Å². The van der Waals surface area contributed by atoms with Crippen LogP contribution in [0.15, 0.2) is 41.0 Å². The van der Waals surface area contributed by atoms with Crippen molar-refractivity contribution in [3.63, 3.8) is 0 Å². The lowest BCUT2D eigenvalue weighted by molar-refractivity contribution is 0.0599. The molecular formula is C14H13NO5. The van der Waals surface area contributed by atoms with Gasteiger partial charge in [-0.25, -0.2) is 9.59 Å².